The second kappa shape index (κ2) is 3.02. The molecule has 0 aliphatic carbocycles. The number of rotatable bonds is 3. The van der Waals surface area contributed by atoms with Gasteiger partial charge in [-0.05, 0) is 24.7 Å². The molecule has 0 rings (SSSR count). The van der Waals surface area contributed by atoms with Crippen molar-refractivity contribution in [3.8, 4) is 0 Å². The lowest BCUT2D eigenvalue weighted by atomic mass is 9.59. The Bertz CT molecular complexity index is 149. The van der Waals surface area contributed by atoms with E-state index in [1.165, 1.54) is 0 Å². The Morgan fingerprint density at radius 1 is 0.917 bits per heavy atom. The maximum absolute atomic E-state index is 10.0. The first-order valence-electron chi connectivity index (χ1n) is 4.78. The van der Waals surface area contributed by atoms with E-state index in [4.69, 9.17) is 0 Å². The molecule has 0 radical (unpaired) electrons. The van der Waals surface area contributed by atoms with Crippen molar-refractivity contribution in [2.24, 2.45) is 10.8 Å². The van der Waals surface area contributed by atoms with Crippen LogP contribution in [0, 0.1) is 10.8 Å². The van der Waals surface area contributed by atoms with Crippen LogP contribution in [0.15, 0.2) is 0 Å². The predicted octanol–water partition coefficient (Wildman–Crippen LogP) is 3.22. The Kier molecular flexibility index (Phi) is 3.01. The average molecular weight is 172 g/mol. The fourth-order valence-electron chi connectivity index (χ4n) is 1.27. The molecule has 0 unspecified atom stereocenters. The van der Waals surface area contributed by atoms with Gasteiger partial charge in [-0.3, -0.25) is 0 Å². The molecule has 0 atom stereocenters. The van der Waals surface area contributed by atoms with Gasteiger partial charge in [0.1, 0.15) is 0 Å². The molecular formula is C11H24O. The fourth-order valence-corrected chi connectivity index (χ4v) is 1.27. The van der Waals surface area contributed by atoms with E-state index in [9.17, 15) is 5.11 Å². The molecule has 0 aromatic rings. The van der Waals surface area contributed by atoms with Crippen molar-refractivity contribution in [3.63, 3.8) is 0 Å². The highest BCUT2D eigenvalue weighted by Crippen LogP contribution is 2.48. The zero-order valence-electron chi connectivity index (χ0n) is 9.65. The molecule has 0 saturated heterocycles. The van der Waals surface area contributed by atoms with Crippen LogP contribution in [0.5, 0.6) is 0 Å². The summed E-state index contributed by atoms with van der Waals surface area (Å²) in [5.41, 5.74) is -0.507. The van der Waals surface area contributed by atoms with E-state index in [1.807, 2.05) is 13.8 Å². The SMILES string of the molecule is CCC(C)(C)C(C)(C)C(C)(C)O. The molecule has 0 fully saturated rings. The van der Waals surface area contributed by atoms with Crippen LogP contribution < -0.4 is 0 Å². The Morgan fingerprint density at radius 3 is 1.33 bits per heavy atom. The van der Waals surface area contributed by atoms with Gasteiger partial charge in [-0.15, -0.1) is 0 Å². The van der Waals surface area contributed by atoms with Crippen molar-refractivity contribution in [2.45, 2.75) is 60.5 Å². The fraction of sp³-hybridized carbons (Fsp3) is 1.00. The van der Waals surface area contributed by atoms with E-state index in [0.717, 1.165) is 6.42 Å². The number of hydrogen-bond donors (Lipinski definition) is 1. The predicted molar refractivity (Wildman–Crippen MR) is 54.2 cm³/mol. The van der Waals surface area contributed by atoms with Gasteiger partial charge < -0.3 is 5.11 Å². The van der Waals surface area contributed by atoms with Crippen LogP contribution in [-0.2, 0) is 0 Å². The zero-order valence-corrected chi connectivity index (χ0v) is 9.65. The summed E-state index contributed by atoms with van der Waals surface area (Å²) in [5, 5.41) is 10.0. The summed E-state index contributed by atoms with van der Waals surface area (Å²) in [6, 6.07) is 0. The van der Waals surface area contributed by atoms with Gasteiger partial charge in [0.15, 0.2) is 0 Å². The van der Waals surface area contributed by atoms with E-state index in [-0.39, 0.29) is 10.8 Å². The molecule has 0 heterocycles. The minimum absolute atomic E-state index is 0.0608. The first-order valence-corrected chi connectivity index (χ1v) is 4.78. The second-order valence-electron chi connectivity index (χ2n) is 5.42. The first kappa shape index (κ1) is 12.0. The van der Waals surface area contributed by atoms with E-state index in [2.05, 4.69) is 34.6 Å². The number of aliphatic hydroxyl groups is 1. The quantitative estimate of drug-likeness (QED) is 0.693. The first-order chi connectivity index (χ1) is 5.06. The van der Waals surface area contributed by atoms with Gasteiger partial charge in [0.25, 0.3) is 0 Å². The Morgan fingerprint density at radius 2 is 1.25 bits per heavy atom. The minimum atomic E-state index is -0.619. The maximum atomic E-state index is 10.0. The average Bonchev–Trinajstić information content (AvgIpc) is 1.85. The molecule has 1 heteroatoms. The molecule has 0 saturated carbocycles. The Labute approximate surface area is 77.2 Å². The van der Waals surface area contributed by atoms with Gasteiger partial charge in [0.2, 0.25) is 0 Å². The third-order valence-corrected chi connectivity index (χ3v) is 4.11. The number of hydrogen-bond acceptors (Lipinski definition) is 1. The normalized spacial score (nSPS) is 15.0. The van der Waals surface area contributed by atoms with Crippen LogP contribution in [0.25, 0.3) is 0 Å². The Hall–Kier alpha value is -0.0400. The van der Waals surface area contributed by atoms with Crippen LogP contribution in [-0.4, -0.2) is 10.7 Å². The van der Waals surface area contributed by atoms with Gasteiger partial charge in [0, 0.05) is 0 Å². The molecule has 0 aliphatic heterocycles. The van der Waals surface area contributed by atoms with E-state index in [0.29, 0.717) is 0 Å². The summed E-state index contributed by atoms with van der Waals surface area (Å²) < 4.78 is 0. The van der Waals surface area contributed by atoms with Crippen molar-refractivity contribution in [1.82, 2.24) is 0 Å². The summed E-state index contributed by atoms with van der Waals surface area (Å²) in [4.78, 5) is 0. The summed E-state index contributed by atoms with van der Waals surface area (Å²) in [7, 11) is 0. The van der Waals surface area contributed by atoms with Gasteiger partial charge in [0.05, 0.1) is 5.60 Å². The Balaban J connectivity index is 4.85. The van der Waals surface area contributed by atoms with Crippen LogP contribution >= 0.6 is 0 Å². The van der Waals surface area contributed by atoms with Crippen LogP contribution in [0.2, 0.25) is 0 Å². The van der Waals surface area contributed by atoms with E-state index in [1.54, 1.807) is 0 Å². The molecule has 0 aromatic heterocycles. The third-order valence-electron chi connectivity index (χ3n) is 4.11. The van der Waals surface area contributed by atoms with Gasteiger partial charge >= 0.3 is 0 Å². The lowest BCUT2D eigenvalue weighted by Gasteiger charge is -2.49. The lowest BCUT2D eigenvalue weighted by Crippen LogP contribution is -2.48. The molecular weight excluding hydrogens is 148 g/mol. The molecule has 0 bridgehead atoms. The molecule has 0 spiro atoms. The summed E-state index contributed by atoms with van der Waals surface area (Å²) in [5.74, 6) is 0. The van der Waals surface area contributed by atoms with Crippen molar-refractivity contribution in [1.29, 1.82) is 0 Å². The molecule has 1 nitrogen and oxygen atoms in total. The molecule has 0 amide bonds. The summed E-state index contributed by atoms with van der Waals surface area (Å²) in [6.07, 6.45) is 1.09. The van der Waals surface area contributed by atoms with Crippen molar-refractivity contribution < 1.29 is 5.11 Å². The smallest absolute Gasteiger partial charge is 0.0647 e. The maximum Gasteiger partial charge on any atom is 0.0647 e. The van der Waals surface area contributed by atoms with Gasteiger partial charge in [-0.2, -0.15) is 0 Å². The van der Waals surface area contributed by atoms with Crippen LogP contribution in [0.4, 0.5) is 0 Å². The standard InChI is InChI=1S/C11H24O/c1-8-9(2,3)10(4,5)11(6,7)12/h12H,8H2,1-7H3. The van der Waals surface area contributed by atoms with Crippen molar-refractivity contribution >= 4 is 0 Å². The topological polar surface area (TPSA) is 20.2 Å². The van der Waals surface area contributed by atoms with Gasteiger partial charge in [-0.25, -0.2) is 0 Å². The molecule has 12 heavy (non-hydrogen) atoms. The molecule has 1 N–H and O–H groups in total. The van der Waals surface area contributed by atoms with Crippen molar-refractivity contribution in [2.75, 3.05) is 0 Å². The monoisotopic (exact) mass is 172 g/mol. The van der Waals surface area contributed by atoms with Gasteiger partial charge in [-0.1, -0.05) is 41.0 Å². The minimum Gasteiger partial charge on any atom is -0.390 e. The van der Waals surface area contributed by atoms with E-state index >= 15 is 0 Å². The summed E-state index contributed by atoms with van der Waals surface area (Å²) in [6.45, 7) is 14.7. The van der Waals surface area contributed by atoms with Crippen molar-refractivity contribution in [3.05, 3.63) is 0 Å². The third kappa shape index (κ3) is 1.82. The van der Waals surface area contributed by atoms with Crippen LogP contribution in [0.1, 0.15) is 54.9 Å². The highest BCUT2D eigenvalue weighted by atomic mass is 16.3. The molecule has 0 aliphatic rings. The lowest BCUT2D eigenvalue weighted by molar-refractivity contribution is -0.102. The highest BCUT2D eigenvalue weighted by Gasteiger charge is 2.45. The molecule has 74 valence electrons. The summed E-state index contributed by atoms with van der Waals surface area (Å²) >= 11 is 0. The molecule has 0 aromatic carbocycles. The second-order valence-corrected chi connectivity index (χ2v) is 5.42. The van der Waals surface area contributed by atoms with E-state index < -0.39 is 5.60 Å². The van der Waals surface area contributed by atoms with Crippen LogP contribution in [0.3, 0.4) is 0 Å². The largest absolute Gasteiger partial charge is 0.390 e. The zero-order chi connectivity index (χ0) is 10.2. The highest BCUT2D eigenvalue weighted by molar-refractivity contribution is 4.95.